The first-order chi connectivity index (χ1) is 8.76. The van der Waals surface area contributed by atoms with E-state index in [4.69, 9.17) is 5.73 Å². The van der Waals surface area contributed by atoms with Gasteiger partial charge in [0.15, 0.2) is 0 Å². The molecule has 0 bridgehead atoms. The maximum absolute atomic E-state index is 11.6. The van der Waals surface area contributed by atoms with Crippen molar-refractivity contribution in [3.05, 3.63) is 16.0 Å². The van der Waals surface area contributed by atoms with Gasteiger partial charge in [-0.25, -0.2) is 0 Å². The molecule has 1 aromatic rings. The summed E-state index contributed by atoms with van der Waals surface area (Å²) in [5.41, 5.74) is 7.17. The van der Waals surface area contributed by atoms with Crippen LogP contribution < -0.4 is 11.1 Å². The summed E-state index contributed by atoms with van der Waals surface area (Å²) < 4.78 is 0. The Bertz CT molecular complexity index is 487. The molecule has 4 nitrogen and oxygen atoms in total. The maximum atomic E-state index is 11.6. The Morgan fingerprint density at radius 2 is 2.17 bits per heavy atom. The zero-order valence-electron chi connectivity index (χ0n) is 10.3. The van der Waals surface area contributed by atoms with Gasteiger partial charge in [0, 0.05) is 17.8 Å². The molecule has 96 valence electrons. The van der Waals surface area contributed by atoms with Crippen LogP contribution in [-0.2, 0) is 17.6 Å². The Morgan fingerprint density at radius 3 is 2.89 bits per heavy atom. The zero-order chi connectivity index (χ0) is 13.0. The van der Waals surface area contributed by atoms with Gasteiger partial charge in [-0.1, -0.05) is 6.42 Å². The van der Waals surface area contributed by atoms with Crippen molar-refractivity contribution < 1.29 is 4.79 Å². The first kappa shape index (κ1) is 13.1. The monoisotopic (exact) mass is 263 g/mol. The van der Waals surface area contributed by atoms with Gasteiger partial charge in [-0.2, -0.15) is 5.26 Å². The van der Waals surface area contributed by atoms with Crippen LogP contribution in [0.4, 0.5) is 5.00 Å². The summed E-state index contributed by atoms with van der Waals surface area (Å²) in [6.07, 6.45) is 5.82. The van der Waals surface area contributed by atoms with E-state index in [-0.39, 0.29) is 5.91 Å². The number of nitrogens with one attached hydrogen (secondary N) is 1. The average Bonchev–Trinajstić information content (AvgIpc) is 2.52. The highest BCUT2D eigenvalue weighted by molar-refractivity contribution is 7.16. The lowest BCUT2D eigenvalue weighted by Gasteiger charge is -2.02. The first-order valence-electron chi connectivity index (χ1n) is 6.30. The fourth-order valence-corrected chi connectivity index (χ4v) is 3.53. The summed E-state index contributed by atoms with van der Waals surface area (Å²) >= 11 is 1.56. The summed E-state index contributed by atoms with van der Waals surface area (Å²) in [4.78, 5) is 12.8. The van der Waals surface area contributed by atoms with Gasteiger partial charge in [-0.15, -0.1) is 11.3 Å². The molecule has 0 aromatic carbocycles. The molecule has 1 aliphatic carbocycles. The molecular weight excluding hydrogens is 246 g/mol. The predicted octanol–water partition coefficient (Wildman–Crippen LogP) is 2.18. The van der Waals surface area contributed by atoms with E-state index in [1.807, 2.05) is 0 Å². The minimum absolute atomic E-state index is 0.106. The summed E-state index contributed by atoms with van der Waals surface area (Å²) in [7, 11) is 0. The van der Waals surface area contributed by atoms with Gasteiger partial charge in [0.05, 0.1) is 5.56 Å². The van der Waals surface area contributed by atoms with Crippen molar-refractivity contribution in [3.8, 4) is 6.07 Å². The number of carbonyl (C=O) groups excluding carboxylic acids is 1. The van der Waals surface area contributed by atoms with E-state index in [0.29, 0.717) is 23.5 Å². The van der Waals surface area contributed by atoms with Gasteiger partial charge >= 0.3 is 0 Å². The molecule has 5 heteroatoms. The molecule has 0 radical (unpaired) electrons. The third-order valence-electron chi connectivity index (χ3n) is 3.16. The molecule has 0 fully saturated rings. The maximum Gasteiger partial charge on any atom is 0.226 e. The fraction of sp³-hybridized carbons (Fsp3) is 0.538. The topological polar surface area (TPSA) is 78.9 Å². The second-order valence-electron chi connectivity index (χ2n) is 4.47. The van der Waals surface area contributed by atoms with Crippen LogP contribution in [0.5, 0.6) is 0 Å². The number of nitriles is 1. The minimum Gasteiger partial charge on any atom is -0.330 e. The van der Waals surface area contributed by atoms with Gasteiger partial charge in [0.25, 0.3) is 0 Å². The standard InChI is InChI=1S/C13H17N3OS/c14-7-6-12(17)16-13-10(8-15)9-4-2-1-3-5-11(9)18-13/h1-7,14H2,(H,16,17). The number of hydrogen-bond acceptors (Lipinski definition) is 4. The van der Waals surface area contributed by atoms with E-state index in [9.17, 15) is 10.1 Å². The highest BCUT2D eigenvalue weighted by Crippen LogP contribution is 2.36. The Balaban J connectivity index is 2.26. The van der Waals surface area contributed by atoms with Crippen LogP contribution in [-0.4, -0.2) is 12.5 Å². The number of thiophene rings is 1. The van der Waals surface area contributed by atoms with E-state index in [0.717, 1.165) is 24.8 Å². The van der Waals surface area contributed by atoms with E-state index >= 15 is 0 Å². The van der Waals surface area contributed by atoms with Gasteiger partial charge in [0.2, 0.25) is 5.91 Å². The molecule has 18 heavy (non-hydrogen) atoms. The molecule has 1 aromatic heterocycles. The van der Waals surface area contributed by atoms with E-state index in [1.165, 1.54) is 17.7 Å². The van der Waals surface area contributed by atoms with Crippen molar-refractivity contribution in [1.29, 1.82) is 5.26 Å². The summed E-state index contributed by atoms with van der Waals surface area (Å²) in [6.45, 7) is 0.332. The van der Waals surface area contributed by atoms with Gasteiger partial charge in [-0.05, 0) is 31.2 Å². The third kappa shape index (κ3) is 2.71. The number of nitrogens with two attached hydrogens (primary N) is 1. The van der Waals surface area contributed by atoms with Crippen LogP contribution in [0.25, 0.3) is 0 Å². The van der Waals surface area contributed by atoms with Crippen LogP contribution in [0.2, 0.25) is 0 Å². The van der Waals surface area contributed by atoms with Crippen molar-refractivity contribution in [2.24, 2.45) is 5.73 Å². The van der Waals surface area contributed by atoms with Crippen molar-refractivity contribution in [2.45, 2.75) is 38.5 Å². The predicted molar refractivity (Wildman–Crippen MR) is 72.6 cm³/mol. The Kier molecular flexibility index (Phi) is 4.34. The fourth-order valence-electron chi connectivity index (χ4n) is 2.27. The molecule has 1 amide bonds. The molecule has 0 unspecified atom stereocenters. The van der Waals surface area contributed by atoms with Gasteiger partial charge in [0.1, 0.15) is 11.1 Å². The number of aryl methyl sites for hydroxylation is 1. The second-order valence-corrected chi connectivity index (χ2v) is 5.57. The smallest absolute Gasteiger partial charge is 0.226 e. The summed E-state index contributed by atoms with van der Waals surface area (Å²) in [6, 6.07) is 2.24. The van der Waals surface area contributed by atoms with Crippen molar-refractivity contribution in [1.82, 2.24) is 0 Å². The van der Waals surface area contributed by atoms with Crippen LogP contribution in [0.3, 0.4) is 0 Å². The number of fused-ring (bicyclic) bond motifs is 1. The van der Waals surface area contributed by atoms with Crippen LogP contribution in [0.1, 0.15) is 41.7 Å². The summed E-state index contributed by atoms with van der Waals surface area (Å²) in [5, 5.41) is 12.8. The van der Waals surface area contributed by atoms with Gasteiger partial charge in [-0.3, -0.25) is 4.79 Å². The summed E-state index contributed by atoms with van der Waals surface area (Å²) in [5.74, 6) is -0.106. The molecular formula is C13H17N3OS. The molecule has 0 saturated heterocycles. The van der Waals surface area contributed by atoms with E-state index in [1.54, 1.807) is 11.3 Å². The number of nitrogens with zero attached hydrogens (tertiary/aromatic N) is 1. The molecule has 3 N–H and O–H groups in total. The lowest BCUT2D eigenvalue weighted by molar-refractivity contribution is -0.116. The normalized spacial score (nSPS) is 14.4. The molecule has 0 aliphatic heterocycles. The Labute approximate surface area is 111 Å². The minimum atomic E-state index is -0.106. The lowest BCUT2D eigenvalue weighted by Crippen LogP contribution is -2.16. The molecule has 0 spiro atoms. The van der Waals surface area contributed by atoms with Crippen LogP contribution in [0, 0.1) is 11.3 Å². The van der Waals surface area contributed by atoms with Gasteiger partial charge < -0.3 is 11.1 Å². The number of amides is 1. The first-order valence-corrected chi connectivity index (χ1v) is 7.12. The highest BCUT2D eigenvalue weighted by atomic mass is 32.1. The quantitative estimate of drug-likeness (QED) is 0.820. The molecule has 0 saturated carbocycles. The van der Waals surface area contributed by atoms with Crippen molar-refractivity contribution in [2.75, 3.05) is 11.9 Å². The SMILES string of the molecule is N#Cc1c(NC(=O)CCN)sc2c1CCCCC2. The third-order valence-corrected chi connectivity index (χ3v) is 4.36. The number of carbonyl (C=O) groups is 1. The number of anilines is 1. The van der Waals surface area contributed by atoms with E-state index < -0.39 is 0 Å². The average molecular weight is 263 g/mol. The molecule has 0 atom stereocenters. The Morgan fingerprint density at radius 1 is 1.39 bits per heavy atom. The van der Waals surface area contributed by atoms with Crippen molar-refractivity contribution >= 4 is 22.2 Å². The Hall–Kier alpha value is -1.38. The molecule has 1 heterocycles. The zero-order valence-corrected chi connectivity index (χ0v) is 11.1. The largest absolute Gasteiger partial charge is 0.330 e. The number of hydrogen-bond donors (Lipinski definition) is 2. The van der Waals surface area contributed by atoms with Crippen LogP contribution in [0.15, 0.2) is 0 Å². The second kappa shape index (κ2) is 5.98. The van der Waals surface area contributed by atoms with Crippen molar-refractivity contribution in [3.63, 3.8) is 0 Å². The molecule has 1 aliphatic rings. The van der Waals surface area contributed by atoms with E-state index in [2.05, 4.69) is 11.4 Å². The number of rotatable bonds is 3. The highest BCUT2D eigenvalue weighted by Gasteiger charge is 2.20. The van der Waals surface area contributed by atoms with Crippen LogP contribution >= 0.6 is 11.3 Å². The molecule has 2 rings (SSSR count). The lowest BCUT2D eigenvalue weighted by atomic mass is 10.1.